The lowest BCUT2D eigenvalue weighted by atomic mass is 9.49. The van der Waals surface area contributed by atoms with Crippen molar-refractivity contribution in [2.45, 2.75) is 83.2 Å². The van der Waals surface area contributed by atoms with Crippen LogP contribution in [0.4, 0.5) is 0 Å². The van der Waals surface area contributed by atoms with Gasteiger partial charge >= 0.3 is 0 Å². The Bertz CT molecular complexity index is 399. The van der Waals surface area contributed by atoms with Gasteiger partial charge in [-0.15, -0.1) is 0 Å². The van der Waals surface area contributed by atoms with E-state index in [0.29, 0.717) is 0 Å². The zero-order valence-corrected chi connectivity index (χ0v) is 13.6. The van der Waals surface area contributed by atoms with Crippen molar-refractivity contribution in [2.24, 2.45) is 23.7 Å². The third-order valence-corrected chi connectivity index (χ3v) is 6.71. The highest BCUT2D eigenvalue weighted by Crippen LogP contribution is 2.62. The van der Waals surface area contributed by atoms with Crippen molar-refractivity contribution in [3.63, 3.8) is 0 Å². The van der Waals surface area contributed by atoms with Gasteiger partial charge in [-0.05, 0) is 74.7 Å². The van der Waals surface area contributed by atoms with Crippen molar-refractivity contribution < 1.29 is 9.47 Å². The van der Waals surface area contributed by atoms with Crippen LogP contribution in [0.15, 0.2) is 12.2 Å². The third-order valence-electron chi connectivity index (χ3n) is 6.71. The molecule has 1 heterocycles. The molecule has 1 saturated heterocycles. The Morgan fingerprint density at radius 3 is 2.24 bits per heavy atom. The molecule has 2 atom stereocenters. The van der Waals surface area contributed by atoms with Gasteiger partial charge in [0.05, 0.1) is 5.60 Å². The van der Waals surface area contributed by atoms with Crippen molar-refractivity contribution in [3.8, 4) is 0 Å². The molecule has 4 aliphatic carbocycles. The first-order valence-corrected chi connectivity index (χ1v) is 9.11. The van der Waals surface area contributed by atoms with Gasteiger partial charge in [0.25, 0.3) is 0 Å². The Balaban J connectivity index is 1.55. The van der Waals surface area contributed by atoms with Gasteiger partial charge < -0.3 is 9.47 Å². The molecule has 1 aliphatic heterocycles. The summed E-state index contributed by atoms with van der Waals surface area (Å²) in [6.45, 7) is 8.39. The molecule has 118 valence electrons. The smallest absolute Gasteiger partial charge is 0.189 e. The summed E-state index contributed by atoms with van der Waals surface area (Å²) in [6, 6.07) is 0. The molecule has 0 aromatic rings. The molecule has 5 fully saturated rings. The average Bonchev–Trinajstić information content (AvgIpc) is 3.20. The van der Waals surface area contributed by atoms with Crippen LogP contribution in [0.3, 0.4) is 0 Å². The number of ether oxygens (including phenoxy) is 2. The monoisotopic (exact) mass is 290 g/mol. The van der Waals surface area contributed by atoms with Gasteiger partial charge in [-0.3, -0.25) is 0 Å². The molecule has 5 aliphatic rings. The maximum Gasteiger partial charge on any atom is 0.189 e. The van der Waals surface area contributed by atoms with Crippen molar-refractivity contribution in [2.75, 3.05) is 0 Å². The quantitative estimate of drug-likeness (QED) is 0.523. The van der Waals surface area contributed by atoms with Gasteiger partial charge in [0.15, 0.2) is 6.29 Å². The fraction of sp³-hybridized carbons (Fsp3) is 0.895. The van der Waals surface area contributed by atoms with Crippen LogP contribution >= 0.6 is 0 Å². The van der Waals surface area contributed by atoms with Gasteiger partial charge in [0.1, 0.15) is 6.10 Å². The summed E-state index contributed by atoms with van der Waals surface area (Å²) < 4.78 is 12.5. The van der Waals surface area contributed by atoms with E-state index in [9.17, 15) is 0 Å². The van der Waals surface area contributed by atoms with Crippen LogP contribution in [-0.4, -0.2) is 18.0 Å². The van der Waals surface area contributed by atoms with Crippen LogP contribution in [0.1, 0.15) is 65.2 Å². The fourth-order valence-corrected chi connectivity index (χ4v) is 5.85. The molecule has 2 heteroatoms. The van der Waals surface area contributed by atoms with Crippen molar-refractivity contribution in [1.82, 2.24) is 0 Å². The van der Waals surface area contributed by atoms with E-state index in [4.69, 9.17) is 9.47 Å². The number of epoxide rings is 1. The Kier molecular flexibility index (Phi) is 3.46. The second kappa shape index (κ2) is 5.09. The number of hydrogen-bond acceptors (Lipinski definition) is 2. The Morgan fingerprint density at radius 1 is 1.14 bits per heavy atom. The Hall–Kier alpha value is -0.340. The van der Waals surface area contributed by atoms with E-state index in [1.165, 1.54) is 51.4 Å². The lowest BCUT2D eigenvalue weighted by molar-refractivity contribution is -0.227. The highest BCUT2D eigenvalue weighted by atomic mass is 16.8. The Labute approximate surface area is 129 Å². The highest BCUT2D eigenvalue weighted by molar-refractivity contribution is 5.12. The minimum atomic E-state index is 0.0110. The standard InChI is InChI=1S/C19H30O2/c1-4-5-6-19(21-18-17(20-18)12(2)3)15-8-13-7-14(10-15)11-16(19)9-13/h13-18H,2,4-11H2,1,3H3. The lowest BCUT2D eigenvalue weighted by Crippen LogP contribution is -2.59. The molecule has 0 N–H and O–H groups in total. The van der Waals surface area contributed by atoms with Crippen molar-refractivity contribution in [1.29, 1.82) is 0 Å². The lowest BCUT2D eigenvalue weighted by Gasteiger charge is -2.61. The molecule has 4 bridgehead atoms. The van der Waals surface area contributed by atoms with Crippen LogP contribution in [0.2, 0.25) is 0 Å². The van der Waals surface area contributed by atoms with E-state index in [1.807, 2.05) is 0 Å². The summed E-state index contributed by atoms with van der Waals surface area (Å²) in [7, 11) is 0. The summed E-state index contributed by atoms with van der Waals surface area (Å²) in [5.41, 5.74) is 1.26. The summed E-state index contributed by atoms with van der Waals surface area (Å²) in [4.78, 5) is 0. The molecule has 5 rings (SSSR count). The van der Waals surface area contributed by atoms with Crippen LogP contribution in [0, 0.1) is 23.7 Å². The second-order valence-corrected chi connectivity index (χ2v) is 8.25. The van der Waals surface area contributed by atoms with Crippen LogP contribution in [-0.2, 0) is 9.47 Å². The van der Waals surface area contributed by atoms with E-state index in [-0.39, 0.29) is 18.0 Å². The average molecular weight is 290 g/mol. The zero-order chi connectivity index (χ0) is 14.6. The minimum Gasteiger partial charge on any atom is -0.343 e. The predicted octanol–water partition coefficient (Wildman–Crippen LogP) is 4.69. The van der Waals surface area contributed by atoms with E-state index < -0.39 is 0 Å². The molecule has 4 saturated carbocycles. The van der Waals surface area contributed by atoms with Gasteiger partial charge in [0.2, 0.25) is 0 Å². The molecule has 0 amide bonds. The molecular weight excluding hydrogens is 260 g/mol. The molecule has 21 heavy (non-hydrogen) atoms. The topological polar surface area (TPSA) is 21.8 Å². The summed E-state index contributed by atoms with van der Waals surface area (Å²) in [5.74, 6) is 3.61. The van der Waals surface area contributed by atoms with Gasteiger partial charge in [0, 0.05) is 0 Å². The largest absolute Gasteiger partial charge is 0.343 e. The Morgan fingerprint density at radius 2 is 1.76 bits per heavy atom. The first-order chi connectivity index (χ1) is 10.1. The van der Waals surface area contributed by atoms with Crippen molar-refractivity contribution in [3.05, 3.63) is 12.2 Å². The van der Waals surface area contributed by atoms with Crippen LogP contribution in [0.5, 0.6) is 0 Å². The number of hydrogen-bond donors (Lipinski definition) is 0. The molecule has 0 spiro atoms. The molecule has 0 aromatic carbocycles. The van der Waals surface area contributed by atoms with E-state index >= 15 is 0 Å². The summed E-state index contributed by atoms with van der Waals surface area (Å²) >= 11 is 0. The van der Waals surface area contributed by atoms with Gasteiger partial charge in [-0.25, -0.2) is 0 Å². The molecule has 0 radical (unpaired) electrons. The van der Waals surface area contributed by atoms with Crippen LogP contribution in [0.25, 0.3) is 0 Å². The first kappa shape index (κ1) is 14.3. The van der Waals surface area contributed by atoms with E-state index in [1.54, 1.807) is 0 Å². The second-order valence-electron chi connectivity index (χ2n) is 8.25. The summed E-state index contributed by atoms with van der Waals surface area (Å²) in [6.07, 6.45) is 11.2. The SMILES string of the molecule is C=C(C)C1OC1OC1(CCCC)C2CC3CC(C2)CC1C3. The molecular formula is C19H30O2. The third kappa shape index (κ3) is 2.30. The minimum absolute atomic E-state index is 0.0110. The molecule has 2 unspecified atom stereocenters. The maximum atomic E-state index is 6.72. The number of rotatable bonds is 6. The number of unbranched alkanes of at least 4 members (excludes halogenated alkanes) is 1. The van der Waals surface area contributed by atoms with Gasteiger partial charge in [-0.2, -0.15) is 0 Å². The normalized spacial score (nSPS) is 50.4. The zero-order valence-electron chi connectivity index (χ0n) is 13.6. The van der Waals surface area contributed by atoms with E-state index in [2.05, 4.69) is 20.4 Å². The maximum absolute atomic E-state index is 6.72. The van der Waals surface area contributed by atoms with E-state index in [0.717, 1.165) is 29.2 Å². The fourth-order valence-electron chi connectivity index (χ4n) is 5.85. The predicted molar refractivity (Wildman–Crippen MR) is 83.9 cm³/mol. The first-order valence-electron chi connectivity index (χ1n) is 9.11. The van der Waals surface area contributed by atoms with Gasteiger partial charge in [-0.1, -0.05) is 26.3 Å². The molecule has 2 nitrogen and oxygen atoms in total. The molecule has 0 aromatic heterocycles. The van der Waals surface area contributed by atoms with Crippen molar-refractivity contribution >= 4 is 0 Å². The van der Waals surface area contributed by atoms with Crippen LogP contribution < -0.4 is 0 Å². The highest BCUT2D eigenvalue weighted by Gasteiger charge is 2.60. The summed E-state index contributed by atoms with van der Waals surface area (Å²) in [5, 5.41) is 0.